The van der Waals surface area contributed by atoms with Gasteiger partial charge in [0.05, 0.1) is 11.3 Å². The van der Waals surface area contributed by atoms with Crippen molar-refractivity contribution in [2.75, 3.05) is 57.3 Å². The molecule has 1 N–H and O–H groups in total. The normalized spacial score (nSPS) is 14.4. The molecular formula is C20H27N7O. The zero-order chi connectivity index (χ0) is 19.9. The number of anilines is 1. The number of rotatable bonds is 6. The van der Waals surface area contributed by atoms with Crippen molar-refractivity contribution in [2.45, 2.75) is 13.8 Å². The molecule has 1 aromatic heterocycles. The van der Waals surface area contributed by atoms with Gasteiger partial charge in [-0.3, -0.25) is 9.97 Å². The van der Waals surface area contributed by atoms with E-state index < -0.39 is 0 Å². The molecule has 1 aliphatic rings. The molecule has 0 saturated carbocycles. The maximum absolute atomic E-state index is 12.4. The third-order valence-electron chi connectivity index (χ3n) is 5.23. The number of nitrogens with zero attached hydrogens (tertiary/aromatic N) is 6. The zero-order valence-electron chi connectivity index (χ0n) is 16.6. The Labute approximate surface area is 165 Å². The molecule has 1 aromatic carbocycles. The van der Waals surface area contributed by atoms with E-state index in [1.807, 2.05) is 11.0 Å². The number of nitriles is 1. The van der Waals surface area contributed by atoms with E-state index in [1.165, 1.54) is 0 Å². The number of hydrogen-bond acceptors (Lipinski definition) is 6. The van der Waals surface area contributed by atoms with Crippen molar-refractivity contribution < 1.29 is 4.79 Å². The molecular weight excluding hydrogens is 354 g/mol. The van der Waals surface area contributed by atoms with Crippen LogP contribution in [-0.4, -0.2) is 78.2 Å². The van der Waals surface area contributed by atoms with Gasteiger partial charge in [-0.1, -0.05) is 13.8 Å². The van der Waals surface area contributed by atoms with Gasteiger partial charge in [-0.25, -0.2) is 4.79 Å². The largest absolute Gasteiger partial charge is 0.366 e. The van der Waals surface area contributed by atoms with E-state index in [-0.39, 0.29) is 6.03 Å². The lowest BCUT2D eigenvalue weighted by molar-refractivity contribution is 0.192. The van der Waals surface area contributed by atoms with E-state index in [9.17, 15) is 10.1 Å². The highest BCUT2D eigenvalue weighted by atomic mass is 16.2. The highest BCUT2D eigenvalue weighted by Crippen LogP contribution is 2.27. The van der Waals surface area contributed by atoms with Gasteiger partial charge in [0, 0.05) is 51.7 Å². The molecule has 8 heteroatoms. The van der Waals surface area contributed by atoms with Crippen LogP contribution in [0.25, 0.3) is 11.0 Å². The summed E-state index contributed by atoms with van der Waals surface area (Å²) in [5.74, 6) is 0. The second-order valence-corrected chi connectivity index (χ2v) is 6.73. The van der Waals surface area contributed by atoms with E-state index in [2.05, 4.69) is 45.0 Å². The van der Waals surface area contributed by atoms with Gasteiger partial charge in [0.25, 0.3) is 0 Å². The van der Waals surface area contributed by atoms with Gasteiger partial charge in [0.1, 0.15) is 17.1 Å². The Kier molecular flexibility index (Phi) is 6.61. The molecule has 0 radical (unpaired) electrons. The van der Waals surface area contributed by atoms with E-state index in [1.54, 1.807) is 18.5 Å². The van der Waals surface area contributed by atoms with E-state index in [0.717, 1.165) is 43.9 Å². The monoisotopic (exact) mass is 381 g/mol. The molecule has 1 saturated heterocycles. The number of likely N-dealkylation sites (N-methyl/N-ethyl adjacent to an activating group) is 1. The highest BCUT2D eigenvalue weighted by molar-refractivity contribution is 5.92. The summed E-state index contributed by atoms with van der Waals surface area (Å²) in [6.45, 7) is 10.5. The van der Waals surface area contributed by atoms with Crippen LogP contribution in [0, 0.1) is 11.3 Å². The molecule has 28 heavy (non-hydrogen) atoms. The van der Waals surface area contributed by atoms with E-state index in [4.69, 9.17) is 0 Å². The van der Waals surface area contributed by atoms with Gasteiger partial charge >= 0.3 is 6.03 Å². The van der Waals surface area contributed by atoms with Gasteiger partial charge in [0.2, 0.25) is 0 Å². The molecule has 3 rings (SSSR count). The van der Waals surface area contributed by atoms with Gasteiger partial charge in [-0.15, -0.1) is 0 Å². The summed E-state index contributed by atoms with van der Waals surface area (Å²) in [5, 5.41) is 12.3. The number of piperazine rings is 1. The van der Waals surface area contributed by atoms with Crippen molar-refractivity contribution in [3.05, 3.63) is 30.1 Å². The number of nitrogens with one attached hydrogen (secondary N) is 1. The summed E-state index contributed by atoms with van der Waals surface area (Å²) < 4.78 is 0. The summed E-state index contributed by atoms with van der Waals surface area (Å²) in [4.78, 5) is 27.5. The summed E-state index contributed by atoms with van der Waals surface area (Å²) in [6, 6.07) is 5.89. The molecule has 0 aliphatic carbocycles. The van der Waals surface area contributed by atoms with Crippen molar-refractivity contribution in [2.24, 2.45) is 0 Å². The topological polar surface area (TPSA) is 88.4 Å². The van der Waals surface area contributed by atoms with Gasteiger partial charge < -0.3 is 20.0 Å². The van der Waals surface area contributed by atoms with Crippen molar-refractivity contribution in [3.8, 4) is 6.07 Å². The molecule has 1 aliphatic heterocycles. The maximum Gasteiger partial charge on any atom is 0.317 e. The van der Waals surface area contributed by atoms with E-state index >= 15 is 0 Å². The highest BCUT2D eigenvalue weighted by Gasteiger charge is 2.23. The fourth-order valence-corrected chi connectivity index (χ4v) is 3.51. The maximum atomic E-state index is 12.4. The van der Waals surface area contributed by atoms with Crippen molar-refractivity contribution >= 4 is 22.8 Å². The first kappa shape index (κ1) is 19.8. The van der Waals surface area contributed by atoms with Gasteiger partial charge in [-0.05, 0) is 25.2 Å². The first-order valence-corrected chi connectivity index (χ1v) is 9.81. The smallest absolute Gasteiger partial charge is 0.317 e. The van der Waals surface area contributed by atoms with Crippen LogP contribution in [-0.2, 0) is 0 Å². The number of fused-ring (bicyclic) bond motifs is 1. The Hall–Kier alpha value is -2.92. The second kappa shape index (κ2) is 9.33. The predicted molar refractivity (Wildman–Crippen MR) is 109 cm³/mol. The molecule has 148 valence electrons. The fourth-order valence-electron chi connectivity index (χ4n) is 3.51. The Bertz CT molecular complexity index is 851. The summed E-state index contributed by atoms with van der Waals surface area (Å²) in [5.41, 5.74) is 2.85. The minimum atomic E-state index is -0.00344. The van der Waals surface area contributed by atoms with Crippen LogP contribution in [0.4, 0.5) is 10.5 Å². The standard InChI is InChI=1S/C20H27N7O/c1-3-25(4-2)10-9-24-20(28)27-13-11-26(12-14-27)17-6-5-16(15-21)18-19(17)23-8-7-22-18/h5-8H,3-4,9-14H2,1-2H3,(H,24,28). The molecule has 1 fully saturated rings. The average molecular weight is 381 g/mol. The molecule has 2 heterocycles. The summed E-state index contributed by atoms with van der Waals surface area (Å²) in [6.07, 6.45) is 3.25. The van der Waals surface area contributed by atoms with Crippen LogP contribution in [0.5, 0.6) is 0 Å². The van der Waals surface area contributed by atoms with Gasteiger partial charge in [0.15, 0.2) is 0 Å². The van der Waals surface area contributed by atoms with E-state index in [0.29, 0.717) is 30.7 Å². The SMILES string of the molecule is CCN(CC)CCNC(=O)N1CCN(c2ccc(C#N)c3nccnc23)CC1. The third-order valence-corrected chi connectivity index (χ3v) is 5.23. The van der Waals surface area contributed by atoms with Crippen LogP contribution in [0.1, 0.15) is 19.4 Å². The molecule has 0 atom stereocenters. The lowest BCUT2D eigenvalue weighted by Gasteiger charge is -2.36. The quantitative estimate of drug-likeness (QED) is 0.819. The second-order valence-electron chi connectivity index (χ2n) is 6.73. The molecule has 0 spiro atoms. The van der Waals surface area contributed by atoms with Gasteiger partial charge in [-0.2, -0.15) is 5.26 Å². The van der Waals surface area contributed by atoms with Crippen LogP contribution in [0.3, 0.4) is 0 Å². The number of aromatic nitrogens is 2. The predicted octanol–water partition coefficient (Wildman–Crippen LogP) is 1.67. The third kappa shape index (κ3) is 4.31. The number of amides is 2. The van der Waals surface area contributed by atoms with Crippen molar-refractivity contribution in [1.29, 1.82) is 5.26 Å². The lowest BCUT2D eigenvalue weighted by Crippen LogP contribution is -2.52. The summed E-state index contributed by atoms with van der Waals surface area (Å²) in [7, 11) is 0. The molecule has 2 aromatic rings. The van der Waals surface area contributed by atoms with Crippen molar-refractivity contribution in [1.82, 2.24) is 25.1 Å². The van der Waals surface area contributed by atoms with Crippen LogP contribution in [0.15, 0.2) is 24.5 Å². The first-order chi connectivity index (χ1) is 13.7. The van der Waals surface area contributed by atoms with Crippen LogP contribution < -0.4 is 10.2 Å². The Morgan fingerprint density at radius 3 is 2.46 bits per heavy atom. The number of carbonyl (C=O) groups excluding carboxylic acids is 1. The zero-order valence-corrected chi connectivity index (χ0v) is 16.6. The van der Waals surface area contributed by atoms with Crippen LogP contribution >= 0.6 is 0 Å². The Morgan fingerprint density at radius 1 is 1.14 bits per heavy atom. The average Bonchev–Trinajstić information content (AvgIpc) is 2.76. The number of carbonyl (C=O) groups is 1. The Morgan fingerprint density at radius 2 is 1.82 bits per heavy atom. The molecule has 2 amide bonds. The lowest BCUT2D eigenvalue weighted by atomic mass is 10.1. The minimum absolute atomic E-state index is 0.00344. The summed E-state index contributed by atoms with van der Waals surface area (Å²) >= 11 is 0. The number of hydrogen-bond donors (Lipinski definition) is 1. The molecule has 0 bridgehead atoms. The number of benzene rings is 1. The van der Waals surface area contributed by atoms with Crippen molar-refractivity contribution in [3.63, 3.8) is 0 Å². The number of urea groups is 1. The Balaban J connectivity index is 1.59. The first-order valence-electron chi connectivity index (χ1n) is 9.81. The minimum Gasteiger partial charge on any atom is -0.366 e. The fraction of sp³-hybridized carbons (Fsp3) is 0.500. The molecule has 0 unspecified atom stereocenters. The van der Waals surface area contributed by atoms with Crippen LogP contribution in [0.2, 0.25) is 0 Å². The molecule has 8 nitrogen and oxygen atoms in total.